The zero-order chi connectivity index (χ0) is 14.7. The normalized spacial score (nSPS) is 10.3. The lowest BCUT2D eigenvalue weighted by molar-refractivity contribution is -0.384. The summed E-state index contributed by atoms with van der Waals surface area (Å²) in [5.41, 5.74) is 1.68. The van der Waals surface area contributed by atoms with Gasteiger partial charge in [-0.3, -0.25) is 10.1 Å². The van der Waals surface area contributed by atoms with Gasteiger partial charge in [-0.05, 0) is 36.2 Å². The number of hydrogen-bond donors (Lipinski definition) is 1. The van der Waals surface area contributed by atoms with Crippen molar-refractivity contribution in [3.8, 4) is 0 Å². The third kappa shape index (κ3) is 3.24. The van der Waals surface area contributed by atoms with Crippen molar-refractivity contribution in [1.82, 2.24) is 0 Å². The van der Waals surface area contributed by atoms with Gasteiger partial charge in [0.15, 0.2) is 0 Å². The van der Waals surface area contributed by atoms with Gasteiger partial charge in [0.1, 0.15) is 10.8 Å². The summed E-state index contributed by atoms with van der Waals surface area (Å²) < 4.78 is 13.6. The smallest absolute Gasteiger partial charge is 0.288 e. The Kier molecular flexibility index (Phi) is 4.20. The fourth-order valence-electron chi connectivity index (χ4n) is 1.77. The van der Waals surface area contributed by atoms with E-state index in [2.05, 4.69) is 5.32 Å². The van der Waals surface area contributed by atoms with Gasteiger partial charge in [-0.2, -0.15) is 0 Å². The first-order chi connectivity index (χ1) is 9.47. The molecule has 6 heteroatoms. The van der Waals surface area contributed by atoms with E-state index in [9.17, 15) is 14.5 Å². The van der Waals surface area contributed by atoms with E-state index < -0.39 is 4.92 Å². The zero-order valence-corrected chi connectivity index (χ0v) is 11.4. The van der Waals surface area contributed by atoms with Crippen LogP contribution in [0, 0.1) is 22.9 Å². The molecule has 2 aromatic rings. The van der Waals surface area contributed by atoms with E-state index in [0.717, 1.165) is 5.56 Å². The molecule has 0 spiro atoms. The molecular weight excluding hydrogens is 283 g/mol. The number of rotatable bonds is 4. The van der Waals surface area contributed by atoms with Crippen LogP contribution in [0.15, 0.2) is 36.4 Å². The van der Waals surface area contributed by atoms with Gasteiger partial charge in [-0.15, -0.1) is 0 Å². The molecule has 0 aromatic heterocycles. The van der Waals surface area contributed by atoms with E-state index in [1.54, 1.807) is 25.1 Å². The SMILES string of the molecule is Cc1ccc(NCc2ccc(Cl)c([N+](=O)[O-])c2)c(F)c1. The maximum Gasteiger partial charge on any atom is 0.288 e. The van der Waals surface area contributed by atoms with Crippen molar-refractivity contribution in [3.63, 3.8) is 0 Å². The van der Waals surface area contributed by atoms with Gasteiger partial charge in [0, 0.05) is 12.6 Å². The number of aryl methyl sites for hydroxylation is 1. The van der Waals surface area contributed by atoms with Crippen LogP contribution in [0.1, 0.15) is 11.1 Å². The molecule has 20 heavy (non-hydrogen) atoms. The minimum atomic E-state index is -0.543. The van der Waals surface area contributed by atoms with Gasteiger partial charge in [0.05, 0.1) is 10.6 Å². The van der Waals surface area contributed by atoms with Crippen molar-refractivity contribution in [1.29, 1.82) is 0 Å². The second-order valence-corrected chi connectivity index (χ2v) is 4.79. The van der Waals surface area contributed by atoms with Crippen molar-refractivity contribution in [3.05, 3.63) is 68.5 Å². The summed E-state index contributed by atoms with van der Waals surface area (Å²) in [7, 11) is 0. The van der Waals surface area contributed by atoms with Crippen LogP contribution in [-0.2, 0) is 6.54 Å². The lowest BCUT2D eigenvalue weighted by Gasteiger charge is -2.08. The maximum absolute atomic E-state index is 13.6. The van der Waals surface area contributed by atoms with Crippen molar-refractivity contribution < 1.29 is 9.31 Å². The monoisotopic (exact) mass is 294 g/mol. The molecule has 0 heterocycles. The van der Waals surface area contributed by atoms with Crippen LogP contribution >= 0.6 is 11.6 Å². The summed E-state index contributed by atoms with van der Waals surface area (Å²) >= 11 is 5.73. The summed E-state index contributed by atoms with van der Waals surface area (Å²) in [6.45, 7) is 2.08. The lowest BCUT2D eigenvalue weighted by atomic mass is 10.2. The first-order valence-corrected chi connectivity index (χ1v) is 6.28. The average molecular weight is 295 g/mol. The Hall–Kier alpha value is -2.14. The predicted octanol–water partition coefficient (Wildman–Crippen LogP) is 4.31. The van der Waals surface area contributed by atoms with Crippen LogP contribution in [0.25, 0.3) is 0 Å². The van der Waals surface area contributed by atoms with E-state index in [1.807, 2.05) is 0 Å². The number of nitro groups is 1. The summed E-state index contributed by atoms with van der Waals surface area (Å²) in [5, 5.41) is 13.8. The van der Waals surface area contributed by atoms with Gasteiger partial charge < -0.3 is 5.32 Å². The summed E-state index contributed by atoms with van der Waals surface area (Å²) in [5.74, 6) is -0.353. The largest absolute Gasteiger partial charge is 0.379 e. The molecule has 2 rings (SSSR count). The van der Waals surface area contributed by atoms with Crippen LogP contribution in [-0.4, -0.2) is 4.92 Å². The van der Waals surface area contributed by atoms with Crippen molar-refractivity contribution in [2.45, 2.75) is 13.5 Å². The fraction of sp³-hybridized carbons (Fsp3) is 0.143. The molecule has 0 bridgehead atoms. The standard InChI is InChI=1S/C14H12ClFN2O2/c1-9-2-5-13(12(16)6-9)17-8-10-3-4-11(15)14(7-10)18(19)20/h2-7,17H,8H2,1H3. The highest BCUT2D eigenvalue weighted by Gasteiger charge is 2.12. The fourth-order valence-corrected chi connectivity index (χ4v) is 1.96. The highest BCUT2D eigenvalue weighted by Crippen LogP contribution is 2.25. The molecular formula is C14H12ClFN2O2. The predicted molar refractivity (Wildman–Crippen MR) is 76.6 cm³/mol. The summed E-state index contributed by atoms with van der Waals surface area (Å²) in [6, 6.07) is 9.34. The first kappa shape index (κ1) is 14.3. The minimum absolute atomic E-state index is 0.0836. The number of anilines is 1. The second-order valence-electron chi connectivity index (χ2n) is 4.38. The molecule has 1 N–H and O–H groups in total. The molecule has 4 nitrogen and oxygen atoms in total. The Balaban J connectivity index is 2.15. The number of nitrogens with zero attached hydrogens (tertiary/aromatic N) is 1. The van der Waals surface area contributed by atoms with Crippen molar-refractivity contribution in [2.24, 2.45) is 0 Å². The van der Waals surface area contributed by atoms with Crippen LogP contribution in [0.4, 0.5) is 15.8 Å². The van der Waals surface area contributed by atoms with Gasteiger partial charge in [-0.25, -0.2) is 4.39 Å². The molecule has 104 valence electrons. The third-order valence-electron chi connectivity index (χ3n) is 2.81. The number of nitro benzene ring substituents is 1. The van der Waals surface area contributed by atoms with Gasteiger partial charge in [0.25, 0.3) is 5.69 Å². The zero-order valence-electron chi connectivity index (χ0n) is 10.7. The van der Waals surface area contributed by atoms with Crippen molar-refractivity contribution >= 4 is 23.0 Å². The Morgan fingerprint density at radius 2 is 2.05 bits per heavy atom. The number of benzene rings is 2. The Bertz CT molecular complexity index is 662. The molecule has 0 aliphatic heterocycles. The van der Waals surface area contributed by atoms with Crippen LogP contribution in [0.3, 0.4) is 0 Å². The van der Waals surface area contributed by atoms with Crippen LogP contribution in [0.5, 0.6) is 0 Å². The Morgan fingerprint density at radius 3 is 2.70 bits per heavy atom. The highest BCUT2D eigenvalue weighted by molar-refractivity contribution is 6.32. The topological polar surface area (TPSA) is 55.2 Å². The summed E-state index contributed by atoms with van der Waals surface area (Å²) in [6.07, 6.45) is 0. The third-order valence-corrected chi connectivity index (χ3v) is 3.13. The van der Waals surface area contributed by atoms with E-state index in [1.165, 1.54) is 18.2 Å². The van der Waals surface area contributed by atoms with E-state index in [0.29, 0.717) is 11.3 Å². The summed E-state index contributed by atoms with van der Waals surface area (Å²) in [4.78, 5) is 10.2. The van der Waals surface area contributed by atoms with E-state index in [-0.39, 0.29) is 23.1 Å². The molecule has 0 aliphatic carbocycles. The van der Waals surface area contributed by atoms with Gasteiger partial charge in [0.2, 0.25) is 0 Å². The Morgan fingerprint density at radius 1 is 1.30 bits per heavy atom. The Labute approximate surface area is 120 Å². The van der Waals surface area contributed by atoms with Gasteiger partial charge >= 0.3 is 0 Å². The molecule has 0 amide bonds. The molecule has 0 aliphatic rings. The van der Waals surface area contributed by atoms with Crippen LogP contribution in [0.2, 0.25) is 5.02 Å². The number of hydrogen-bond acceptors (Lipinski definition) is 3. The quantitative estimate of drug-likeness (QED) is 0.675. The molecule has 0 atom stereocenters. The minimum Gasteiger partial charge on any atom is -0.379 e. The van der Waals surface area contributed by atoms with E-state index >= 15 is 0 Å². The lowest BCUT2D eigenvalue weighted by Crippen LogP contribution is -2.02. The molecule has 0 saturated carbocycles. The number of halogens is 2. The molecule has 2 aromatic carbocycles. The van der Waals surface area contributed by atoms with Crippen molar-refractivity contribution in [2.75, 3.05) is 5.32 Å². The molecule has 0 unspecified atom stereocenters. The molecule has 0 saturated heterocycles. The van der Waals surface area contributed by atoms with Crippen LogP contribution < -0.4 is 5.32 Å². The van der Waals surface area contributed by atoms with Gasteiger partial charge in [-0.1, -0.05) is 23.7 Å². The average Bonchev–Trinajstić information content (AvgIpc) is 2.39. The highest BCUT2D eigenvalue weighted by atomic mass is 35.5. The molecule has 0 fully saturated rings. The van der Waals surface area contributed by atoms with E-state index in [4.69, 9.17) is 11.6 Å². The first-order valence-electron chi connectivity index (χ1n) is 5.90. The molecule has 0 radical (unpaired) electrons. The number of nitrogens with one attached hydrogen (secondary N) is 1. The second kappa shape index (κ2) is 5.88. The maximum atomic E-state index is 13.6.